The van der Waals surface area contributed by atoms with Gasteiger partial charge in [0, 0.05) is 12.5 Å². The number of hydrogen-bond donors (Lipinski definition) is 1. The highest BCUT2D eigenvalue weighted by atomic mass is 16.5. The van der Waals surface area contributed by atoms with Crippen molar-refractivity contribution in [1.82, 2.24) is 9.78 Å². The van der Waals surface area contributed by atoms with Crippen LogP contribution in [0.1, 0.15) is 38.3 Å². The fourth-order valence-corrected chi connectivity index (χ4v) is 2.69. The molecule has 16 heavy (non-hydrogen) atoms. The van der Waals surface area contributed by atoms with Crippen LogP contribution in [0, 0.1) is 5.92 Å². The second kappa shape index (κ2) is 4.45. The van der Waals surface area contributed by atoms with E-state index in [1.165, 1.54) is 0 Å². The molecule has 0 radical (unpaired) electrons. The van der Waals surface area contributed by atoms with E-state index in [1.54, 1.807) is 13.3 Å². The smallest absolute Gasteiger partial charge is 0.160 e. The van der Waals surface area contributed by atoms with Crippen LogP contribution < -0.4 is 4.74 Å². The first-order valence-corrected chi connectivity index (χ1v) is 5.96. The second-order valence-electron chi connectivity index (χ2n) is 4.52. The molecule has 90 valence electrons. The maximum Gasteiger partial charge on any atom is 0.160 e. The van der Waals surface area contributed by atoms with Crippen LogP contribution in [0.3, 0.4) is 0 Å². The Labute approximate surface area is 96.2 Å². The molecule has 0 amide bonds. The minimum Gasteiger partial charge on any atom is -0.493 e. The van der Waals surface area contributed by atoms with Gasteiger partial charge in [0.2, 0.25) is 0 Å². The molecule has 1 aliphatic rings. The van der Waals surface area contributed by atoms with Gasteiger partial charge < -0.3 is 9.84 Å². The maximum absolute atomic E-state index is 9.82. The van der Waals surface area contributed by atoms with E-state index < -0.39 is 0 Å². The highest BCUT2D eigenvalue weighted by Crippen LogP contribution is 2.42. The van der Waals surface area contributed by atoms with Gasteiger partial charge in [-0.05, 0) is 25.7 Å². The fraction of sp³-hybridized carbons (Fsp3) is 0.750. The number of aliphatic hydroxyl groups is 1. The zero-order chi connectivity index (χ0) is 11.7. The van der Waals surface area contributed by atoms with E-state index in [0.717, 1.165) is 30.8 Å². The first-order chi connectivity index (χ1) is 7.69. The number of aromatic nitrogens is 2. The topological polar surface area (TPSA) is 47.3 Å². The van der Waals surface area contributed by atoms with Gasteiger partial charge in [-0.15, -0.1) is 0 Å². The number of ether oxygens (including phenoxy) is 1. The Morgan fingerprint density at radius 3 is 2.81 bits per heavy atom. The van der Waals surface area contributed by atoms with Crippen LogP contribution in [-0.4, -0.2) is 28.1 Å². The normalized spacial score (nSPS) is 29.6. The van der Waals surface area contributed by atoms with E-state index in [9.17, 15) is 5.11 Å². The van der Waals surface area contributed by atoms with E-state index in [4.69, 9.17) is 4.74 Å². The summed E-state index contributed by atoms with van der Waals surface area (Å²) in [6, 6.07) is 0. The average Bonchev–Trinajstić information content (AvgIpc) is 2.83. The maximum atomic E-state index is 9.82. The summed E-state index contributed by atoms with van der Waals surface area (Å²) in [4.78, 5) is 0. The lowest BCUT2D eigenvalue weighted by molar-refractivity contribution is 0.135. The standard InChI is InChI=1S/C12H20N2O2/c1-4-14-12(11(16-3)7-13-14)9-5-6-10(15)8(9)2/h7-10,15H,4-6H2,1-3H3. The van der Waals surface area contributed by atoms with Crippen LogP contribution in [0.15, 0.2) is 6.20 Å². The molecule has 0 aromatic carbocycles. The molecule has 1 aromatic rings. The first-order valence-electron chi connectivity index (χ1n) is 5.96. The third kappa shape index (κ3) is 1.71. The molecule has 0 spiro atoms. The minimum atomic E-state index is -0.185. The molecule has 1 saturated carbocycles. The van der Waals surface area contributed by atoms with Crippen molar-refractivity contribution < 1.29 is 9.84 Å². The summed E-state index contributed by atoms with van der Waals surface area (Å²) in [6.07, 6.45) is 3.49. The van der Waals surface area contributed by atoms with Gasteiger partial charge in [0.05, 0.1) is 25.1 Å². The van der Waals surface area contributed by atoms with Gasteiger partial charge in [-0.2, -0.15) is 5.10 Å². The largest absolute Gasteiger partial charge is 0.493 e. The summed E-state index contributed by atoms with van der Waals surface area (Å²) in [5.74, 6) is 1.51. The van der Waals surface area contributed by atoms with Crippen molar-refractivity contribution in [3.8, 4) is 5.75 Å². The molecule has 0 saturated heterocycles. The summed E-state index contributed by atoms with van der Waals surface area (Å²) >= 11 is 0. The van der Waals surface area contributed by atoms with Crippen molar-refractivity contribution in [2.45, 2.75) is 45.3 Å². The SMILES string of the molecule is CCn1ncc(OC)c1C1CCC(O)C1C. The molecule has 1 N–H and O–H groups in total. The van der Waals surface area contributed by atoms with Gasteiger partial charge in [-0.25, -0.2) is 0 Å². The van der Waals surface area contributed by atoms with E-state index in [2.05, 4.69) is 18.9 Å². The Morgan fingerprint density at radius 1 is 1.56 bits per heavy atom. The molecule has 1 heterocycles. The zero-order valence-electron chi connectivity index (χ0n) is 10.2. The predicted octanol–water partition coefficient (Wildman–Crippen LogP) is 1.79. The lowest BCUT2D eigenvalue weighted by Gasteiger charge is -2.19. The molecule has 0 bridgehead atoms. The molecule has 3 unspecified atom stereocenters. The average molecular weight is 224 g/mol. The third-order valence-electron chi connectivity index (χ3n) is 3.73. The van der Waals surface area contributed by atoms with E-state index in [-0.39, 0.29) is 12.0 Å². The van der Waals surface area contributed by atoms with Gasteiger partial charge >= 0.3 is 0 Å². The molecule has 1 aromatic heterocycles. The van der Waals surface area contributed by atoms with Crippen molar-refractivity contribution >= 4 is 0 Å². The van der Waals surface area contributed by atoms with Crippen LogP contribution in [0.5, 0.6) is 5.75 Å². The van der Waals surface area contributed by atoms with Crippen LogP contribution >= 0.6 is 0 Å². The Hall–Kier alpha value is -1.03. The monoisotopic (exact) mass is 224 g/mol. The van der Waals surface area contributed by atoms with Crippen LogP contribution in [-0.2, 0) is 6.54 Å². The lowest BCUT2D eigenvalue weighted by Crippen LogP contribution is -2.17. The highest BCUT2D eigenvalue weighted by molar-refractivity contribution is 5.30. The van der Waals surface area contributed by atoms with E-state index in [1.807, 2.05) is 4.68 Å². The molecular weight excluding hydrogens is 204 g/mol. The molecule has 4 nitrogen and oxygen atoms in total. The summed E-state index contributed by atoms with van der Waals surface area (Å²) in [6.45, 7) is 5.03. The van der Waals surface area contributed by atoms with Crippen molar-refractivity contribution in [1.29, 1.82) is 0 Å². The Bertz CT molecular complexity index is 340. The van der Waals surface area contributed by atoms with E-state index in [0.29, 0.717) is 5.92 Å². The molecule has 3 atom stereocenters. The quantitative estimate of drug-likeness (QED) is 0.851. The van der Waals surface area contributed by atoms with Crippen LogP contribution in [0.4, 0.5) is 0 Å². The van der Waals surface area contributed by atoms with Gasteiger partial charge in [-0.1, -0.05) is 6.92 Å². The number of hydrogen-bond acceptors (Lipinski definition) is 3. The first kappa shape index (κ1) is 11.5. The summed E-state index contributed by atoms with van der Waals surface area (Å²) in [7, 11) is 1.68. The number of aryl methyl sites for hydroxylation is 1. The number of methoxy groups -OCH3 is 1. The Kier molecular flexibility index (Phi) is 3.19. The van der Waals surface area contributed by atoms with Crippen molar-refractivity contribution in [3.63, 3.8) is 0 Å². The van der Waals surface area contributed by atoms with Crippen LogP contribution in [0.25, 0.3) is 0 Å². The summed E-state index contributed by atoms with van der Waals surface area (Å²) in [5, 5.41) is 14.1. The summed E-state index contributed by atoms with van der Waals surface area (Å²) < 4.78 is 7.34. The molecule has 1 aliphatic carbocycles. The van der Waals surface area contributed by atoms with Crippen LogP contribution in [0.2, 0.25) is 0 Å². The summed E-state index contributed by atoms with van der Waals surface area (Å²) in [5.41, 5.74) is 1.15. The number of rotatable bonds is 3. The van der Waals surface area contributed by atoms with Crippen molar-refractivity contribution in [2.24, 2.45) is 5.92 Å². The molecule has 4 heteroatoms. The molecular formula is C12H20N2O2. The molecule has 0 aliphatic heterocycles. The molecule has 2 rings (SSSR count). The molecule has 1 fully saturated rings. The Balaban J connectivity index is 2.34. The highest BCUT2D eigenvalue weighted by Gasteiger charge is 2.36. The van der Waals surface area contributed by atoms with E-state index >= 15 is 0 Å². The lowest BCUT2D eigenvalue weighted by atomic mass is 9.93. The number of nitrogens with zero attached hydrogens (tertiary/aromatic N) is 2. The Morgan fingerprint density at radius 2 is 2.31 bits per heavy atom. The van der Waals surface area contributed by atoms with Crippen molar-refractivity contribution in [2.75, 3.05) is 7.11 Å². The van der Waals surface area contributed by atoms with Crippen molar-refractivity contribution in [3.05, 3.63) is 11.9 Å². The van der Waals surface area contributed by atoms with Gasteiger partial charge in [0.1, 0.15) is 0 Å². The van der Waals surface area contributed by atoms with Gasteiger partial charge in [0.25, 0.3) is 0 Å². The number of aliphatic hydroxyl groups excluding tert-OH is 1. The van der Waals surface area contributed by atoms with Gasteiger partial charge in [-0.3, -0.25) is 4.68 Å². The second-order valence-corrected chi connectivity index (χ2v) is 4.52. The predicted molar refractivity (Wildman–Crippen MR) is 61.6 cm³/mol. The van der Waals surface area contributed by atoms with Gasteiger partial charge in [0.15, 0.2) is 5.75 Å². The zero-order valence-corrected chi connectivity index (χ0v) is 10.2. The third-order valence-corrected chi connectivity index (χ3v) is 3.73. The fourth-order valence-electron chi connectivity index (χ4n) is 2.69. The minimum absolute atomic E-state index is 0.185.